The number of rotatable bonds is 11. The second-order valence-corrected chi connectivity index (χ2v) is 14.5. The molecule has 5 rings (SSSR count). The maximum Gasteiger partial charge on any atom is 0.414 e. The summed E-state index contributed by atoms with van der Waals surface area (Å²) in [4.78, 5) is 87.2. The molecule has 3 aromatic carbocycles. The number of ether oxygens (including phenoxy) is 3. The van der Waals surface area contributed by atoms with Crippen LogP contribution in [0.15, 0.2) is 96.0 Å². The first kappa shape index (κ1) is 41.7. The average molecular weight is 784 g/mol. The van der Waals surface area contributed by atoms with E-state index in [1.165, 1.54) is 4.90 Å². The number of aliphatic imine (C=N–C) groups is 1. The molecule has 16 nitrogen and oxygen atoms in total. The first-order valence-electron chi connectivity index (χ1n) is 18.8. The number of hydrogen-bond acceptors (Lipinski definition) is 10. The summed E-state index contributed by atoms with van der Waals surface area (Å²) in [6.45, 7) is 6.40. The Balaban J connectivity index is 1.22. The van der Waals surface area contributed by atoms with E-state index in [1.807, 2.05) is 39.0 Å². The minimum atomic E-state index is -1.18. The molecule has 2 heterocycles. The van der Waals surface area contributed by atoms with Crippen LogP contribution in [0.5, 0.6) is 0 Å². The second kappa shape index (κ2) is 19.9. The number of imide groups is 1. The third-order valence-corrected chi connectivity index (χ3v) is 9.01. The van der Waals surface area contributed by atoms with Gasteiger partial charge in [-0.1, -0.05) is 91.0 Å². The number of carbonyl (C=O) groups is 6. The number of urea groups is 2. The number of alkyl carbamates (subject to hydrolysis) is 2. The van der Waals surface area contributed by atoms with E-state index >= 15 is 0 Å². The predicted molar refractivity (Wildman–Crippen MR) is 208 cm³/mol. The topological polar surface area (TPSA) is 188 Å². The van der Waals surface area contributed by atoms with Crippen LogP contribution in [0, 0.1) is 5.92 Å². The zero-order chi connectivity index (χ0) is 40.8. The van der Waals surface area contributed by atoms with Gasteiger partial charge in [0.05, 0.1) is 5.92 Å². The number of guanidine groups is 1. The monoisotopic (exact) mass is 783 g/mol. The van der Waals surface area contributed by atoms with Gasteiger partial charge < -0.3 is 29.3 Å². The lowest BCUT2D eigenvalue weighted by Gasteiger charge is -2.46. The number of piperazine rings is 1. The summed E-state index contributed by atoms with van der Waals surface area (Å²) in [5.41, 5.74) is 1.81. The number of nitrogens with one attached hydrogen (secondary N) is 3. The summed E-state index contributed by atoms with van der Waals surface area (Å²) in [6, 6.07) is 25.0. The number of hydrogen-bond donors (Lipinski definition) is 3. The van der Waals surface area contributed by atoms with Crippen LogP contribution in [0.3, 0.4) is 0 Å². The fourth-order valence-electron chi connectivity index (χ4n) is 6.10. The van der Waals surface area contributed by atoms with Gasteiger partial charge in [-0.3, -0.25) is 20.4 Å². The summed E-state index contributed by atoms with van der Waals surface area (Å²) in [6.07, 6.45) is -1.38. The van der Waals surface area contributed by atoms with Crippen molar-refractivity contribution in [2.75, 3.05) is 32.7 Å². The van der Waals surface area contributed by atoms with Crippen LogP contribution in [0.1, 0.15) is 50.3 Å². The SMILES string of the molecule is CC(C)(C)NC(=O)N1CCN(C(=O)N2C(=O)[C@H](CCCN=C(NC(=O)OCc3ccccc3)NC(=O)OCc3ccccc3)[C@H]2C(=O)OCc2ccccc2)CC1. The van der Waals surface area contributed by atoms with Gasteiger partial charge in [-0.25, -0.2) is 28.9 Å². The maximum atomic E-state index is 13.7. The van der Waals surface area contributed by atoms with Gasteiger partial charge in [0.25, 0.3) is 0 Å². The van der Waals surface area contributed by atoms with Crippen LogP contribution in [0.25, 0.3) is 0 Å². The molecule has 2 aliphatic rings. The minimum Gasteiger partial charge on any atom is -0.459 e. The number of carbonyl (C=O) groups excluding carboxylic acids is 6. The molecule has 2 aliphatic heterocycles. The highest BCUT2D eigenvalue weighted by molar-refractivity contribution is 6.08. The van der Waals surface area contributed by atoms with E-state index in [9.17, 15) is 28.8 Å². The highest BCUT2D eigenvalue weighted by Gasteiger charge is 2.56. The van der Waals surface area contributed by atoms with Crippen LogP contribution >= 0.6 is 0 Å². The van der Waals surface area contributed by atoms with Gasteiger partial charge in [0.2, 0.25) is 11.9 Å². The van der Waals surface area contributed by atoms with Crippen molar-refractivity contribution in [3.63, 3.8) is 0 Å². The van der Waals surface area contributed by atoms with E-state index in [2.05, 4.69) is 20.9 Å². The van der Waals surface area contributed by atoms with Gasteiger partial charge >= 0.3 is 30.2 Å². The lowest BCUT2D eigenvalue weighted by atomic mass is 9.83. The van der Waals surface area contributed by atoms with Crippen molar-refractivity contribution in [1.29, 1.82) is 0 Å². The van der Waals surface area contributed by atoms with Crippen molar-refractivity contribution in [2.24, 2.45) is 10.9 Å². The summed E-state index contributed by atoms with van der Waals surface area (Å²) in [5, 5.41) is 7.77. The Labute approximate surface area is 331 Å². The molecule has 3 N–H and O–H groups in total. The molecule has 2 saturated heterocycles. The van der Waals surface area contributed by atoms with Crippen molar-refractivity contribution >= 4 is 42.1 Å². The quantitative estimate of drug-likeness (QED) is 0.0614. The number of esters is 1. The normalized spacial score (nSPS) is 16.4. The van der Waals surface area contributed by atoms with E-state index < -0.39 is 47.6 Å². The Hall–Kier alpha value is -6.45. The van der Waals surface area contributed by atoms with Crippen molar-refractivity contribution in [3.8, 4) is 0 Å². The van der Waals surface area contributed by atoms with Gasteiger partial charge in [0.1, 0.15) is 19.8 Å². The fraction of sp³-hybridized carbons (Fsp3) is 0.390. The molecule has 57 heavy (non-hydrogen) atoms. The van der Waals surface area contributed by atoms with Gasteiger partial charge in [-0.15, -0.1) is 0 Å². The number of amides is 7. The molecule has 0 saturated carbocycles. The van der Waals surface area contributed by atoms with Crippen LogP contribution in [-0.2, 0) is 43.6 Å². The van der Waals surface area contributed by atoms with E-state index in [0.29, 0.717) is 0 Å². The summed E-state index contributed by atoms with van der Waals surface area (Å²) >= 11 is 0. The predicted octanol–water partition coefficient (Wildman–Crippen LogP) is 4.79. The van der Waals surface area contributed by atoms with Gasteiger partial charge in [0, 0.05) is 38.3 Å². The number of β-lactam (4-membered cyclic amide) rings is 1. The lowest BCUT2D eigenvalue weighted by molar-refractivity contribution is -0.171. The van der Waals surface area contributed by atoms with Crippen molar-refractivity contribution in [3.05, 3.63) is 108 Å². The molecule has 0 radical (unpaired) electrons. The van der Waals surface area contributed by atoms with Crippen LogP contribution in [0.4, 0.5) is 19.2 Å². The Morgan fingerprint density at radius 3 is 1.61 bits per heavy atom. The van der Waals surface area contributed by atoms with Gasteiger partial charge in [-0.05, 0) is 50.3 Å². The molecule has 0 aromatic heterocycles. The molecule has 16 heteroatoms. The van der Waals surface area contributed by atoms with E-state index in [1.54, 1.807) is 77.7 Å². The number of benzene rings is 3. The molecule has 0 unspecified atom stereocenters. The molecule has 2 fully saturated rings. The summed E-state index contributed by atoms with van der Waals surface area (Å²) in [7, 11) is 0. The smallest absolute Gasteiger partial charge is 0.414 e. The summed E-state index contributed by atoms with van der Waals surface area (Å²) in [5.74, 6) is -2.39. The molecule has 0 bridgehead atoms. The number of likely N-dealkylation sites (tertiary alicyclic amines) is 1. The van der Waals surface area contributed by atoms with E-state index in [0.717, 1.165) is 21.6 Å². The first-order chi connectivity index (χ1) is 27.4. The van der Waals surface area contributed by atoms with E-state index in [-0.39, 0.29) is 77.4 Å². The Kier molecular flexibility index (Phi) is 14.6. The van der Waals surface area contributed by atoms with Crippen LogP contribution in [0.2, 0.25) is 0 Å². The highest BCUT2D eigenvalue weighted by atomic mass is 16.6. The average Bonchev–Trinajstić information content (AvgIpc) is 3.20. The Morgan fingerprint density at radius 2 is 1.14 bits per heavy atom. The molecule has 3 aromatic rings. The fourth-order valence-corrected chi connectivity index (χ4v) is 6.10. The highest BCUT2D eigenvalue weighted by Crippen LogP contribution is 2.33. The maximum absolute atomic E-state index is 13.7. The largest absolute Gasteiger partial charge is 0.459 e. The van der Waals surface area contributed by atoms with Gasteiger partial charge in [0.15, 0.2) is 6.04 Å². The summed E-state index contributed by atoms with van der Waals surface area (Å²) < 4.78 is 16.2. The molecular weight excluding hydrogens is 734 g/mol. The molecular formula is C41H49N7O9. The third-order valence-electron chi connectivity index (χ3n) is 9.01. The molecule has 302 valence electrons. The van der Waals surface area contributed by atoms with Crippen molar-refractivity contribution < 1.29 is 43.0 Å². The zero-order valence-corrected chi connectivity index (χ0v) is 32.3. The third kappa shape index (κ3) is 12.5. The second-order valence-electron chi connectivity index (χ2n) is 14.5. The molecule has 7 amide bonds. The lowest BCUT2D eigenvalue weighted by Crippen LogP contribution is -2.70. The van der Waals surface area contributed by atoms with E-state index in [4.69, 9.17) is 14.2 Å². The molecule has 0 aliphatic carbocycles. The Bertz CT molecular complexity index is 1820. The standard InChI is InChI=1S/C41H49N7O9/c1-41(2,3)45-37(51)46-22-24-47(25-23-46)40(54)48-33(35(50)55-26-29-14-7-4-8-15-29)32(34(48)49)20-13-21-42-36(43-38(52)56-27-30-16-9-5-10-17-30)44-39(53)57-28-31-18-11-6-12-19-31/h4-12,14-19,32-33H,13,20-28H2,1-3H3,(H,45,51)(H2,42,43,44,52,53)/t32-,33+/m1/s1. The van der Waals surface area contributed by atoms with Crippen LogP contribution in [-0.4, -0.2) is 101 Å². The molecule has 2 atom stereocenters. The first-order valence-corrected chi connectivity index (χ1v) is 18.8. The molecule has 0 spiro atoms. The van der Waals surface area contributed by atoms with Crippen molar-refractivity contribution in [1.82, 2.24) is 30.7 Å². The zero-order valence-electron chi connectivity index (χ0n) is 32.3. The van der Waals surface area contributed by atoms with Crippen LogP contribution < -0.4 is 16.0 Å². The van der Waals surface area contributed by atoms with Gasteiger partial charge in [-0.2, -0.15) is 0 Å². The minimum absolute atomic E-state index is 0.00929. The Morgan fingerprint density at radius 1 is 0.684 bits per heavy atom. The van der Waals surface area contributed by atoms with Crippen molar-refractivity contribution in [2.45, 2.75) is 65.0 Å². The number of nitrogens with zero attached hydrogens (tertiary/aromatic N) is 4.